The molecule has 2 nitrogen and oxygen atoms in total. The Bertz CT molecular complexity index is 500. The zero-order valence-corrected chi connectivity index (χ0v) is 8.79. The van der Waals surface area contributed by atoms with Gasteiger partial charge in [-0.3, -0.25) is 0 Å². The van der Waals surface area contributed by atoms with Crippen LogP contribution < -0.4 is 0 Å². The minimum Gasteiger partial charge on any atom is -0.237 e. The van der Waals surface area contributed by atoms with Crippen LogP contribution in [0.4, 0.5) is 4.39 Å². The van der Waals surface area contributed by atoms with Gasteiger partial charge in [-0.1, -0.05) is 11.6 Å². The van der Waals surface area contributed by atoms with Crippen molar-refractivity contribution in [2.45, 2.75) is 6.92 Å². The summed E-state index contributed by atoms with van der Waals surface area (Å²) in [6.45, 7) is 1.87. The maximum absolute atomic E-state index is 12.9. The maximum Gasteiger partial charge on any atom is 0.159 e. The number of nitrogens with zero attached hydrogens (tertiary/aromatic N) is 2. The SMILES string of the molecule is Cc1ccnc(-c2ccc(F)c(Cl)c2)n1. The Hall–Kier alpha value is -1.48. The number of hydrogen-bond acceptors (Lipinski definition) is 2. The van der Waals surface area contributed by atoms with E-state index in [1.165, 1.54) is 12.1 Å². The van der Waals surface area contributed by atoms with Gasteiger partial charge < -0.3 is 0 Å². The van der Waals surface area contributed by atoms with Gasteiger partial charge in [0, 0.05) is 17.5 Å². The molecular formula is C11H8ClFN2. The first-order valence-corrected chi connectivity index (χ1v) is 4.79. The van der Waals surface area contributed by atoms with Crippen molar-refractivity contribution in [2.75, 3.05) is 0 Å². The molecule has 0 aliphatic heterocycles. The van der Waals surface area contributed by atoms with Gasteiger partial charge in [-0.05, 0) is 31.2 Å². The topological polar surface area (TPSA) is 25.8 Å². The molecule has 15 heavy (non-hydrogen) atoms. The number of rotatable bonds is 1. The Kier molecular flexibility index (Phi) is 2.64. The van der Waals surface area contributed by atoms with E-state index in [4.69, 9.17) is 11.6 Å². The summed E-state index contributed by atoms with van der Waals surface area (Å²) in [5, 5.41) is 0.0811. The summed E-state index contributed by atoms with van der Waals surface area (Å²) >= 11 is 5.67. The highest BCUT2D eigenvalue weighted by Gasteiger charge is 2.05. The zero-order chi connectivity index (χ0) is 10.8. The third-order valence-corrected chi connectivity index (χ3v) is 2.26. The van der Waals surface area contributed by atoms with E-state index in [9.17, 15) is 4.39 Å². The zero-order valence-electron chi connectivity index (χ0n) is 8.04. The van der Waals surface area contributed by atoms with Crippen molar-refractivity contribution < 1.29 is 4.39 Å². The van der Waals surface area contributed by atoms with Crippen LogP contribution in [0.1, 0.15) is 5.69 Å². The van der Waals surface area contributed by atoms with Gasteiger partial charge in [0.05, 0.1) is 5.02 Å². The van der Waals surface area contributed by atoms with Gasteiger partial charge in [-0.15, -0.1) is 0 Å². The second-order valence-corrected chi connectivity index (χ2v) is 3.56. The first kappa shape index (κ1) is 10.1. The fraction of sp³-hybridized carbons (Fsp3) is 0.0909. The smallest absolute Gasteiger partial charge is 0.159 e. The van der Waals surface area contributed by atoms with Crippen LogP contribution in [0.2, 0.25) is 5.02 Å². The number of halogens is 2. The molecule has 0 aliphatic carbocycles. The second kappa shape index (κ2) is 3.95. The first-order chi connectivity index (χ1) is 7.16. The van der Waals surface area contributed by atoms with Gasteiger partial charge in [0.1, 0.15) is 5.82 Å². The fourth-order valence-electron chi connectivity index (χ4n) is 1.22. The number of hydrogen-bond donors (Lipinski definition) is 0. The number of aryl methyl sites for hydroxylation is 1. The highest BCUT2D eigenvalue weighted by Crippen LogP contribution is 2.22. The molecule has 0 saturated carbocycles. The first-order valence-electron chi connectivity index (χ1n) is 4.42. The summed E-state index contributed by atoms with van der Waals surface area (Å²) in [7, 11) is 0. The average Bonchev–Trinajstić information content (AvgIpc) is 2.22. The van der Waals surface area contributed by atoms with E-state index in [0.717, 1.165) is 5.69 Å². The van der Waals surface area contributed by atoms with E-state index < -0.39 is 5.82 Å². The van der Waals surface area contributed by atoms with Crippen molar-refractivity contribution in [3.8, 4) is 11.4 Å². The molecule has 0 amide bonds. The lowest BCUT2D eigenvalue weighted by atomic mass is 10.2. The Morgan fingerprint density at radius 2 is 2.07 bits per heavy atom. The Balaban J connectivity index is 2.50. The van der Waals surface area contributed by atoms with Crippen LogP contribution in [0.3, 0.4) is 0 Å². The molecule has 0 aliphatic rings. The summed E-state index contributed by atoms with van der Waals surface area (Å²) in [6, 6.07) is 6.24. The molecule has 0 unspecified atom stereocenters. The second-order valence-electron chi connectivity index (χ2n) is 3.15. The van der Waals surface area contributed by atoms with Crippen LogP contribution in [0.25, 0.3) is 11.4 Å². The van der Waals surface area contributed by atoms with Gasteiger partial charge >= 0.3 is 0 Å². The molecule has 0 atom stereocenters. The monoisotopic (exact) mass is 222 g/mol. The molecule has 4 heteroatoms. The van der Waals surface area contributed by atoms with E-state index in [1.54, 1.807) is 18.3 Å². The standard InChI is InChI=1S/C11H8ClFN2/c1-7-4-5-14-11(15-7)8-2-3-10(13)9(12)6-8/h2-6H,1H3. The Morgan fingerprint density at radius 3 is 2.73 bits per heavy atom. The van der Waals surface area contributed by atoms with Crippen molar-refractivity contribution in [2.24, 2.45) is 0 Å². The van der Waals surface area contributed by atoms with Gasteiger partial charge in [-0.25, -0.2) is 14.4 Å². The molecule has 0 fully saturated rings. The lowest BCUT2D eigenvalue weighted by molar-refractivity contribution is 0.628. The minimum atomic E-state index is -0.437. The van der Waals surface area contributed by atoms with Gasteiger partial charge in [0.2, 0.25) is 0 Å². The average molecular weight is 223 g/mol. The molecule has 1 aromatic heterocycles. The summed E-state index contributed by atoms with van der Waals surface area (Å²) in [6.07, 6.45) is 1.66. The van der Waals surface area contributed by atoms with Crippen molar-refractivity contribution >= 4 is 11.6 Å². The number of benzene rings is 1. The predicted molar refractivity (Wildman–Crippen MR) is 57.2 cm³/mol. The molecule has 2 rings (SSSR count). The van der Waals surface area contributed by atoms with Gasteiger partial charge in [-0.2, -0.15) is 0 Å². The van der Waals surface area contributed by atoms with E-state index in [2.05, 4.69) is 9.97 Å². The van der Waals surface area contributed by atoms with Gasteiger partial charge in [0.15, 0.2) is 5.82 Å². The highest BCUT2D eigenvalue weighted by atomic mass is 35.5. The van der Waals surface area contributed by atoms with Crippen LogP contribution >= 0.6 is 11.6 Å². The van der Waals surface area contributed by atoms with Crippen LogP contribution in [-0.2, 0) is 0 Å². The van der Waals surface area contributed by atoms with Crippen LogP contribution in [0.5, 0.6) is 0 Å². The van der Waals surface area contributed by atoms with Gasteiger partial charge in [0.25, 0.3) is 0 Å². The largest absolute Gasteiger partial charge is 0.237 e. The van der Waals surface area contributed by atoms with Crippen molar-refractivity contribution in [3.05, 3.63) is 47.0 Å². The molecular weight excluding hydrogens is 215 g/mol. The normalized spacial score (nSPS) is 10.3. The van der Waals surface area contributed by atoms with Crippen molar-refractivity contribution in [1.82, 2.24) is 9.97 Å². The Morgan fingerprint density at radius 1 is 1.27 bits per heavy atom. The molecule has 0 spiro atoms. The van der Waals surface area contributed by atoms with Crippen LogP contribution in [0, 0.1) is 12.7 Å². The van der Waals surface area contributed by atoms with E-state index in [-0.39, 0.29) is 5.02 Å². The lowest BCUT2D eigenvalue weighted by Gasteiger charge is -2.01. The summed E-state index contributed by atoms with van der Waals surface area (Å²) in [5.41, 5.74) is 1.57. The third kappa shape index (κ3) is 2.13. The Labute approximate surface area is 91.8 Å². The molecule has 1 heterocycles. The molecule has 0 radical (unpaired) electrons. The fourth-order valence-corrected chi connectivity index (χ4v) is 1.40. The quantitative estimate of drug-likeness (QED) is 0.740. The molecule has 0 N–H and O–H groups in total. The highest BCUT2D eigenvalue weighted by molar-refractivity contribution is 6.31. The molecule has 1 aromatic carbocycles. The summed E-state index contributed by atoms with van der Waals surface area (Å²) in [4.78, 5) is 8.31. The van der Waals surface area contributed by atoms with E-state index >= 15 is 0 Å². The van der Waals surface area contributed by atoms with E-state index in [0.29, 0.717) is 11.4 Å². The number of aromatic nitrogens is 2. The van der Waals surface area contributed by atoms with Crippen LogP contribution in [0.15, 0.2) is 30.5 Å². The third-order valence-electron chi connectivity index (χ3n) is 1.97. The molecule has 76 valence electrons. The van der Waals surface area contributed by atoms with Crippen molar-refractivity contribution in [3.63, 3.8) is 0 Å². The lowest BCUT2D eigenvalue weighted by Crippen LogP contribution is -1.91. The molecule has 2 aromatic rings. The predicted octanol–water partition coefficient (Wildman–Crippen LogP) is 3.24. The minimum absolute atomic E-state index is 0.0811. The summed E-state index contributed by atoms with van der Waals surface area (Å²) in [5.74, 6) is 0.116. The van der Waals surface area contributed by atoms with Crippen molar-refractivity contribution in [1.29, 1.82) is 0 Å². The molecule has 0 bridgehead atoms. The molecule has 0 saturated heterocycles. The van der Waals surface area contributed by atoms with Crippen LogP contribution in [-0.4, -0.2) is 9.97 Å². The van der Waals surface area contributed by atoms with E-state index in [1.807, 2.05) is 6.92 Å². The maximum atomic E-state index is 12.9. The summed E-state index contributed by atoms with van der Waals surface area (Å²) < 4.78 is 12.9.